The molecule has 4 nitrogen and oxygen atoms in total. The van der Waals surface area contributed by atoms with Gasteiger partial charge in [0.15, 0.2) is 0 Å². The topological polar surface area (TPSA) is 44.7 Å². The second kappa shape index (κ2) is 7.84. The molecule has 2 unspecified atom stereocenters. The number of nitrogens with zero attached hydrogens (tertiary/aromatic N) is 1. The van der Waals surface area contributed by atoms with E-state index in [0.717, 1.165) is 31.9 Å². The lowest BCUT2D eigenvalue weighted by Crippen LogP contribution is -2.44. The molecule has 1 aromatic rings. The number of aliphatic hydroxyl groups is 1. The monoisotopic (exact) mass is 296 g/mol. The van der Waals surface area contributed by atoms with Crippen molar-refractivity contribution in [3.05, 3.63) is 35.1 Å². The molecule has 0 bridgehead atoms. The molecule has 2 N–H and O–H groups in total. The van der Waals surface area contributed by atoms with Crippen LogP contribution in [0.15, 0.2) is 18.2 Å². The fourth-order valence-electron chi connectivity index (χ4n) is 2.46. The van der Waals surface area contributed by atoms with Crippen LogP contribution in [0.1, 0.15) is 24.1 Å². The van der Waals surface area contributed by atoms with Crippen LogP contribution in [0.25, 0.3) is 0 Å². The van der Waals surface area contributed by atoms with E-state index in [1.165, 1.54) is 0 Å². The van der Waals surface area contributed by atoms with Gasteiger partial charge < -0.3 is 15.2 Å². The van der Waals surface area contributed by atoms with Crippen LogP contribution in [0.5, 0.6) is 0 Å². The van der Waals surface area contributed by atoms with Crippen molar-refractivity contribution < 1.29 is 14.2 Å². The van der Waals surface area contributed by atoms with Crippen molar-refractivity contribution in [3.63, 3.8) is 0 Å². The fraction of sp³-hybridized carbons (Fsp3) is 0.625. The Morgan fingerprint density at radius 1 is 1.38 bits per heavy atom. The van der Waals surface area contributed by atoms with E-state index < -0.39 is 6.10 Å². The highest BCUT2D eigenvalue weighted by Gasteiger charge is 2.16. The standard InChI is InChI=1S/C16H25FN2O2/c1-12-3-4-14(9-16(12)17)13(2)18-10-15(20)11-19-5-7-21-8-6-19/h3-4,9,13,15,18,20H,5-8,10-11H2,1-2H3. The summed E-state index contributed by atoms with van der Waals surface area (Å²) in [7, 11) is 0. The Morgan fingerprint density at radius 2 is 2.10 bits per heavy atom. The Bertz CT molecular complexity index is 450. The smallest absolute Gasteiger partial charge is 0.126 e. The number of benzene rings is 1. The van der Waals surface area contributed by atoms with E-state index in [2.05, 4.69) is 10.2 Å². The van der Waals surface area contributed by atoms with E-state index in [4.69, 9.17) is 4.74 Å². The van der Waals surface area contributed by atoms with Gasteiger partial charge in [0, 0.05) is 32.2 Å². The van der Waals surface area contributed by atoms with Crippen molar-refractivity contribution in [1.82, 2.24) is 10.2 Å². The summed E-state index contributed by atoms with van der Waals surface area (Å²) in [6, 6.07) is 5.28. The van der Waals surface area contributed by atoms with Crippen LogP contribution in [-0.2, 0) is 4.74 Å². The molecule has 0 spiro atoms. The highest BCUT2D eigenvalue weighted by molar-refractivity contribution is 5.25. The molecule has 0 aromatic heterocycles. The number of hydrogen-bond donors (Lipinski definition) is 2. The third-order valence-electron chi connectivity index (χ3n) is 3.93. The van der Waals surface area contributed by atoms with Gasteiger partial charge in [-0.2, -0.15) is 0 Å². The van der Waals surface area contributed by atoms with Gasteiger partial charge in [0.05, 0.1) is 19.3 Å². The third kappa shape index (κ3) is 5.04. The molecule has 1 aliphatic heterocycles. The van der Waals surface area contributed by atoms with Gasteiger partial charge in [-0.1, -0.05) is 12.1 Å². The summed E-state index contributed by atoms with van der Waals surface area (Å²) in [4.78, 5) is 2.20. The highest BCUT2D eigenvalue weighted by atomic mass is 19.1. The Balaban J connectivity index is 1.77. The maximum atomic E-state index is 13.6. The molecule has 1 saturated heterocycles. The van der Waals surface area contributed by atoms with Crippen LogP contribution in [0.2, 0.25) is 0 Å². The average Bonchev–Trinajstić information content (AvgIpc) is 2.48. The first-order chi connectivity index (χ1) is 10.1. The predicted octanol–water partition coefficient (Wildman–Crippen LogP) is 1.48. The number of hydrogen-bond acceptors (Lipinski definition) is 4. The largest absolute Gasteiger partial charge is 0.390 e. The minimum Gasteiger partial charge on any atom is -0.390 e. The summed E-state index contributed by atoms with van der Waals surface area (Å²) in [6.07, 6.45) is -0.430. The summed E-state index contributed by atoms with van der Waals surface area (Å²) in [5, 5.41) is 13.3. The van der Waals surface area contributed by atoms with Gasteiger partial charge in [0.1, 0.15) is 5.82 Å². The summed E-state index contributed by atoms with van der Waals surface area (Å²) in [6.45, 7) is 8.08. The number of halogens is 1. The van der Waals surface area contributed by atoms with Crippen LogP contribution in [0.3, 0.4) is 0 Å². The molecule has 2 atom stereocenters. The SMILES string of the molecule is Cc1ccc(C(C)NCC(O)CN2CCOCC2)cc1F. The lowest BCUT2D eigenvalue weighted by Gasteiger charge is -2.29. The maximum absolute atomic E-state index is 13.6. The second-order valence-electron chi connectivity index (χ2n) is 5.71. The normalized spacial score (nSPS) is 19.4. The molecule has 118 valence electrons. The van der Waals surface area contributed by atoms with Gasteiger partial charge in [0.2, 0.25) is 0 Å². The van der Waals surface area contributed by atoms with E-state index >= 15 is 0 Å². The molecular formula is C16H25FN2O2. The van der Waals surface area contributed by atoms with Gasteiger partial charge in [-0.15, -0.1) is 0 Å². The zero-order valence-corrected chi connectivity index (χ0v) is 12.8. The van der Waals surface area contributed by atoms with E-state index in [0.29, 0.717) is 18.7 Å². The van der Waals surface area contributed by atoms with E-state index in [-0.39, 0.29) is 11.9 Å². The first kappa shape index (κ1) is 16.4. The van der Waals surface area contributed by atoms with E-state index in [1.807, 2.05) is 13.0 Å². The molecule has 1 fully saturated rings. The van der Waals surface area contributed by atoms with Crippen LogP contribution < -0.4 is 5.32 Å². The quantitative estimate of drug-likeness (QED) is 0.834. The maximum Gasteiger partial charge on any atom is 0.126 e. The summed E-state index contributed by atoms with van der Waals surface area (Å²) in [5.41, 5.74) is 1.55. The Morgan fingerprint density at radius 3 is 2.76 bits per heavy atom. The molecule has 0 aliphatic carbocycles. The summed E-state index contributed by atoms with van der Waals surface area (Å²) in [5.74, 6) is -0.185. The number of β-amino-alcohol motifs (C(OH)–C–C–N with tert-alkyl or cyclic N) is 1. The van der Waals surface area contributed by atoms with Gasteiger partial charge in [-0.05, 0) is 31.0 Å². The summed E-state index contributed by atoms with van der Waals surface area (Å²) >= 11 is 0. The fourth-order valence-corrected chi connectivity index (χ4v) is 2.46. The minimum absolute atomic E-state index is 0.0134. The van der Waals surface area contributed by atoms with Gasteiger partial charge in [-0.25, -0.2) is 4.39 Å². The van der Waals surface area contributed by atoms with Crippen molar-refractivity contribution in [2.24, 2.45) is 0 Å². The average molecular weight is 296 g/mol. The molecule has 1 aromatic carbocycles. The molecular weight excluding hydrogens is 271 g/mol. The first-order valence-electron chi connectivity index (χ1n) is 7.54. The molecule has 0 saturated carbocycles. The number of morpholine rings is 1. The van der Waals surface area contributed by atoms with Crippen LogP contribution >= 0.6 is 0 Å². The summed E-state index contributed by atoms with van der Waals surface area (Å²) < 4.78 is 18.8. The van der Waals surface area contributed by atoms with Crippen LogP contribution in [0.4, 0.5) is 4.39 Å². The molecule has 21 heavy (non-hydrogen) atoms. The van der Waals surface area contributed by atoms with Crippen LogP contribution in [-0.4, -0.2) is 55.5 Å². The first-order valence-corrected chi connectivity index (χ1v) is 7.54. The number of aliphatic hydroxyl groups excluding tert-OH is 1. The lowest BCUT2D eigenvalue weighted by atomic mass is 10.1. The van der Waals surface area contributed by atoms with Crippen molar-refractivity contribution in [2.75, 3.05) is 39.4 Å². The number of nitrogens with one attached hydrogen (secondary N) is 1. The molecule has 0 amide bonds. The Labute approximate surface area is 125 Å². The zero-order chi connectivity index (χ0) is 15.2. The van der Waals surface area contributed by atoms with Crippen molar-refractivity contribution >= 4 is 0 Å². The Hall–Kier alpha value is -1.01. The van der Waals surface area contributed by atoms with Crippen LogP contribution in [0, 0.1) is 12.7 Å². The van der Waals surface area contributed by atoms with E-state index in [1.54, 1.807) is 19.1 Å². The highest BCUT2D eigenvalue weighted by Crippen LogP contribution is 2.16. The number of aryl methyl sites for hydroxylation is 1. The molecule has 5 heteroatoms. The minimum atomic E-state index is -0.430. The molecule has 2 rings (SSSR count). The Kier molecular flexibility index (Phi) is 6.11. The van der Waals surface area contributed by atoms with Crippen molar-refractivity contribution in [3.8, 4) is 0 Å². The number of rotatable bonds is 6. The number of ether oxygens (including phenoxy) is 1. The van der Waals surface area contributed by atoms with Crippen molar-refractivity contribution in [2.45, 2.75) is 26.0 Å². The van der Waals surface area contributed by atoms with Crippen molar-refractivity contribution in [1.29, 1.82) is 0 Å². The molecule has 1 heterocycles. The van der Waals surface area contributed by atoms with Gasteiger partial charge >= 0.3 is 0 Å². The third-order valence-corrected chi connectivity index (χ3v) is 3.93. The molecule has 0 radical (unpaired) electrons. The van der Waals surface area contributed by atoms with E-state index in [9.17, 15) is 9.50 Å². The second-order valence-corrected chi connectivity index (χ2v) is 5.71. The lowest BCUT2D eigenvalue weighted by molar-refractivity contribution is 0.0145. The predicted molar refractivity (Wildman–Crippen MR) is 80.8 cm³/mol. The zero-order valence-electron chi connectivity index (χ0n) is 12.8. The van der Waals surface area contributed by atoms with Gasteiger partial charge in [0.25, 0.3) is 0 Å². The molecule has 1 aliphatic rings. The van der Waals surface area contributed by atoms with Gasteiger partial charge in [-0.3, -0.25) is 4.90 Å².